The summed E-state index contributed by atoms with van der Waals surface area (Å²) in [5.41, 5.74) is 0. The van der Waals surface area contributed by atoms with Crippen LogP contribution in [0, 0.1) is 0 Å². The number of halogens is 2. The van der Waals surface area contributed by atoms with Gasteiger partial charge in [0.25, 0.3) is 5.91 Å². The lowest BCUT2D eigenvalue weighted by atomic mass is 10.0. The van der Waals surface area contributed by atoms with E-state index in [9.17, 15) is 4.79 Å². The lowest BCUT2D eigenvalue weighted by Gasteiger charge is -2.33. The minimum Gasteiger partial charge on any atom is -0.482 e. The third-order valence-corrected chi connectivity index (χ3v) is 3.92. The van der Waals surface area contributed by atoms with Gasteiger partial charge < -0.3 is 9.64 Å². The first-order valence-electron chi connectivity index (χ1n) is 6.45. The zero-order valence-electron chi connectivity index (χ0n) is 10.9. The van der Waals surface area contributed by atoms with Crippen molar-refractivity contribution in [3.8, 4) is 5.75 Å². The Morgan fingerprint density at radius 2 is 2.21 bits per heavy atom. The number of carbonyl (C=O) groups excluding carboxylic acids is 1. The molecule has 1 aromatic rings. The van der Waals surface area contributed by atoms with Crippen LogP contribution in [0.15, 0.2) is 18.2 Å². The van der Waals surface area contributed by atoms with Gasteiger partial charge >= 0.3 is 0 Å². The molecule has 0 saturated carbocycles. The number of ether oxygens (including phenoxy) is 1. The first-order valence-corrected chi connectivity index (χ1v) is 7.21. The van der Waals surface area contributed by atoms with Gasteiger partial charge in [-0.15, -0.1) is 0 Å². The van der Waals surface area contributed by atoms with Gasteiger partial charge in [0, 0.05) is 23.7 Å². The summed E-state index contributed by atoms with van der Waals surface area (Å²) in [5.74, 6) is 0.454. The van der Waals surface area contributed by atoms with E-state index >= 15 is 0 Å². The molecule has 1 aliphatic rings. The van der Waals surface area contributed by atoms with Gasteiger partial charge in [-0.25, -0.2) is 0 Å². The zero-order chi connectivity index (χ0) is 13.8. The second kappa shape index (κ2) is 6.49. The summed E-state index contributed by atoms with van der Waals surface area (Å²) in [5, 5.41) is 1.00. The zero-order valence-corrected chi connectivity index (χ0v) is 12.4. The first kappa shape index (κ1) is 14.5. The van der Waals surface area contributed by atoms with Gasteiger partial charge in [-0.05, 0) is 38.3 Å². The van der Waals surface area contributed by atoms with Crippen LogP contribution in [-0.4, -0.2) is 30.0 Å². The number of carbonyl (C=O) groups is 1. The van der Waals surface area contributed by atoms with Crippen LogP contribution >= 0.6 is 23.2 Å². The molecule has 104 valence electrons. The topological polar surface area (TPSA) is 29.5 Å². The molecule has 0 aromatic heterocycles. The van der Waals surface area contributed by atoms with E-state index in [1.807, 2.05) is 4.90 Å². The highest BCUT2D eigenvalue weighted by atomic mass is 35.5. The average Bonchev–Trinajstić information content (AvgIpc) is 2.40. The fourth-order valence-corrected chi connectivity index (χ4v) is 2.61. The third kappa shape index (κ3) is 3.77. The molecule has 0 bridgehead atoms. The highest BCUT2D eigenvalue weighted by Gasteiger charge is 2.23. The second-order valence-electron chi connectivity index (χ2n) is 4.80. The number of hydrogen-bond donors (Lipinski definition) is 0. The van der Waals surface area contributed by atoms with Gasteiger partial charge in [0.1, 0.15) is 5.75 Å². The van der Waals surface area contributed by atoms with Crippen molar-refractivity contribution in [3.05, 3.63) is 28.2 Å². The monoisotopic (exact) mass is 301 g/mol. The van der Waals surface area contributed by atoms with Crippen molar-refractivity contribution in [1.29, 1.82) is 0 Å². The van der Waals surface area contributed by atoms with Crippen LogP contribution in [0.5, 0.6) is 5.75 Å². The molecule has 3 nitrogen and oxygen atoms in total. The molecular weight excluding hydrogens is 285 g/mol. The highest BCUT2D eigenvalue weighted by molar-refractivity contribution is 6.34. The second-order valence-corrected chi connectivity index (χ2v) is 5.64. The van der Waals surface area contributed by atoms with Gasteiger partial charge in [0.2, 0.25) is 0 Å². The van der Waals surface area contributed by atoms with Crippen molar-refractivity contribution < 1.29 is 9.53 Å². The molecule has 19 heavy (non-hydrogen) atoms. The summed E-state index contributed by atoms with van der Waals surface area (Å²) in [4.78, 5) is 14.0. The molecule has 0 N–H and O–H groups in total. The summed E-state index contributed by atoms with van der Waals surface area (Å²) >= 11 is 11.9. The Kier molecular flexibility index (Phi) is 4.94. The Labute approximate surface area is 123 Å². The van der Waals surface area contributed by atoms with Crippen LogP contribution in [0.25, 0.3) is 0 Å². The summed E-state index contributed by atoms with van der Waals surface area (Å²) in [6, 6.07) is 5.26. The molecule has 5 heteroatoms. The van der Waals surface area contributed by atoms with Gasteiger partial charge in [-0.3, -0.25) is 4.79 Å². The number of benzene rings is 1. The number of rotatable bonds is 3. The molecule has 1 fully saturated rings. The van der Waals surface area contributed by atoms with E-state index in [1.165, 1.54) is 6.42 Å². The van der Waals surface area contributed by atoms with Crippen molar-refractivity contribution in [3.63, 3.8) is 0 Å². The molecule has 1 aromatic carbocycles. The van der Waals surface area contributed by atoms with Crippen LogP contribution in [0.2, 0.25) is 10.0 Å². The fraction of sp³-hybridized carbons (Fsp3) is 0.500. The molecule has 0 aliphatic carbocycles. The number of nitrogens with zero attached hydrogens (tertiary/aromatic N) is 1. The van der Waals surface area contributed by atoms with Gasteiger partial charge in [-0.2, -0.15) is 0 Å². The fourth-order valence-electron chi connectivity index (χ4n) is 2.28. The Bertz CT molecular complexity index is 465. The maximum absolute atomic E-state index is 12.1. The molecule has 1 heterocycles. The number of hydrogen-bond acceptors (Lipinski definition) is 2. The van der Waals surface area contributed by atoms with Crippen molar-refractivity contribution in [2.24, 2.45) is 0 Å². The van der Waals surface area contributed by atoms with Crippen molar-refractivity contribution in [1.82, 2.24) is 4.90 Å². The standard InChI is InChI=1S/C14H17Cl2NO2/c1-10-4-2-3-7-17(10)14(18)9-19-13-8-11(15)5-6-12(13)16/h5-6,8,10H,2-4,7,9H2,1H3. The summed E-state index contributed by atoms with van der Waals surface area (Å²) in [6.07, 6.45) is 3.31. The summed E-state index contributed by atoms with van der Waals surface area (Å²) in [6.45, 7) is 2.89. The SMILES string of the molecule is CC1CCCCN1C(=O)COc1cc(Cl)ccc1Cl. The minimum absolute atomic E-state index is 0.00300. The number of piperidine rings is 1. The predicted octanol–water partition coefficient (Wildman–Crippen LogP) is 3.77. The number of amides is 1. The van der Waals surface area contributed by atoms with Crippen LogP contribution in [0.4, 0.5) is 0 Å². The lowest BCUT2D eigenvalue weighted by Crippen LogP contribution is -2.44. The number of likely N-dealkylation sites (tertiary alicyclic amines) is 1. The lowest BCUT2D eigenvalue weighted by molar-refractivity contribution is -0.136. The Morgan fingerprint density at radius 1 is 1.42 bits per heavy atom. The third-order valence-electron chi connectivity index (χ3n) is 3.37. The Balaban J connectivity index is 1.94. The molecule has 1 saturated heterocycles. The maximum Gasteiger partial charge on any atom is 0.260 e. The molecular formula is C14H17Cl2NO2. The Hall–Kier alpha value is -0.930. The van der Waals surface area contributed by atoms with E-state index in [2.05, 4.69) is 6.92 Å². The van der Waals surface area contributed by atoms with Crippen LogP contribution < -0.4 is 4.74 Å². The average molecular weight is 302 g/mol. The molecule has 1 atom stereocenters. The van der Waals surface area contributed by atoms with Crippen LogP contribution in [-0.2, 0) is 4.79 Å². The van der Waals surface area contributed by atoms with Crippen LogP contribution in [0.1, 0.15) is 26.2 Å². The van der Waals surface area contributed by atoms with Crippen molar-refractivity contribution in [2.45, 2.75) is 32.2 Å². The first-order chi connectivity index (χ1) is 9.08. The van der Waals surface area contributed by atoms with Crippen LogP contribution in [0.3, 0.4) is 0 Å². The molecule has 1 aliphatic heterocycles. The smallest absolute Gasteiger partial charge is 0.260 e. The van der Waals surface area contributed by atoms with E-state index in [-0.39, 0.29) is 12.5 Å². The Morgan fingerprint density at radius 3 is 2.95 bits per heavy atom. The van der Waals surface area contributed by atoms with E-state index < -0.39 is 0 Å². The van der Waals surface area contributed by atoms with Crippen molar-refractivity contribution in [2.75, 3.05) is 13.2 Å². The van der Waals surface area contributed by atoms with E-state index in [0.717, 1.165) is 19.4 Å². The predicted molar refractivity (Wildman–Crippen MR) is 77.0 cm³/mol. The van der Waals surface area contributed by atoms with Gasteiger partial charge in [-0.1, -0.05) is 23.2 Å². The molecule has 0 radical (unpaired) electrons. The molecule has 2 rings (SSSR count). The summed E-state index contributed by atoms with van der Waals surface area (Å²) < 4.78 is 5.47. The van der Waals surface area contributed by atoms with Crippen molar-refractivity contribution >= 4 is 29.1 Å². The van der Waals surface area contributed by atoms with Gasteiger partial charge in [0.15, 0.2) is 6.61 Å². The minimum atomic E-state index is 0.00300. The largest absolute Gasteiger partial charge is 0.482 e. The molecule has 1 unspecified atom stereocenters. The quantitative estimate of drug-likeness (QED) is 0.850. The normalized spacial score (nSPS) is 19.3. The van der Waals surface area contributed by atoms with E-state index in [0.29, 0.717) is 21.8 Å². The maximum atomic E-state index is 12.1. The molecule has 0 spiro atoms. The van der Waals surface area contributed by atoms with E-state index in [4.69, 9.17) is 27.9 Å². The highest BCUT2D eigenvalue weighted by Crippen LogP contribution is 2.27. The summed E-state index contributed by atoms with van der Waals surface area (Å²) in [7, 11) is 0. The van der Waals surface area contributed by atoms with Gasteiger partial charge in [0.05, 0.1) is 5.02 Å². The molecule has 1 amide bonds. The van der Waals surface area contributed by atoms with E-state index in [1.54, 1.807) is 18.2 Å².